The summed E-state index contributed by atoms with van der Waals surface area (Å²) >= 11 is 12.6. The molecule has 1 amide bonds. The number of hydrogen-bond donors (Lipinski definition) is 0. The van der Waals surface area contributed by atoms with Crippen LogP contribution in [-0.4, -0.2) is 72.9 Å². The Hall–Kier alpha value is -2.94. The van der Waals surface area contributed by atoms with Crippen molar-refractivity contribution in [2.24, 2.45) is 11.8 Å². The van der Waals surface area contributed by atoms with Gasteiger partial charge in [0.15, 0.2) is 6.23 Å². The number of benzene rings is 2. The SMILES string of the molecule is CCN(CC(C)C)C(=O)OC(C(C)C)n1c(=O)ccc2ccc(OCCCCN3CCN(c4cccc(Cl)c4Cl)CC3)cc21. The monoisotopic (exact) mass is 644 g/mol. The normalized spacial score (nSPS) is 14.8. The second kappa shape index (κ2) is 15.9. The molecular weight excluding hydrogens is 599 g/mol. The fraction of sp³-hybridized carbons (Fsp3) is 0.529. The molecule has 0 radical (unpaired) electrons. The van der Waals surface area contributed by atoms with E-state index in [1.54, 1.807) is 15.5 Å². The predicted octanol–water partition coefficient (Wildman–Crippen LogP) is 7.56. The molecule has 8 nitrogen and oxygen atoms in total. The van der Waals surface area contributed by atoms with Crippen molar-refractivity contribution in [2.45, 2.75) is 53.7 Å². The van der Waals surface area contributed by atoms with Gasteiger partial charge in [-0.05, 0) is 67.9 Å². The van der Waals surface area contributed by atoms with Crippen LogP contribution in [0, 0.1) is 11.8 Å². The Kier molecular flexibility index (Phi) is 12.2. The number of piperazine rings is 1. The Balaban J connectivity index is 1.34. The number of carbonyl (C=O) groups excluding carboxylic acids is 1. The summed E-state index contributed by atoms with van der Waals surface area (Å²) in [6, 6.07) is 14.9. The molecule has 1 unspecified atom stereocenters. The van der Waals surface area contributed by atoms with Gasteiger partial charge < -0.3 is 19.3 Å². The molecule has 44 heavy (non-hydrogen) atoms. The molecule has 2 heterocycles. The summed E-state index contributed by atoms with van der Waals surface area (Å²) in [6.45, 7) is 16.4. The van der Waals surface area contributed by atoms with E-state index in [0.717, 1.165) is 56.6 Å². The maximum atomic E-state index is 13.2. The molecule has 0 N–H and O–H groups in total. The van der Waals surface area contributed by atoms with Gasteiger partial charge in [0.05, 0.1) is 27.9 Å². The van der Waals surface area contributed by atoms with Crippen molar-refractivity contribution in [1.29, 1.82) is 0 Å². The Morgan fingerprint density at radius 1 is 0.977 bits per heavy atom. The largest absolute Gasteiger partial charge is 0.494 e. The minimum atomic E-state index is -0.745. The van der Waals surface area contributed by atoms with E-state index in [0.29, 0.717) is 46.9 Å². The lowest BCUT2D eigenvalue weighted by molar-refractivity contribution is 0.00175. The summed E-state index contributed by atoms with van der Waals surface area (Å²) in [6.07, 6.45) is 0.775. The van der Waals surface area contributed by atoms with E-state index in [2.05, 4.69) is 23.6 Å². The molecule has 1 fully saturated rings. The minimum Gasteiger partial charge on any atom is -0.494 e. The van der Waals surface area contributed by atoms with E-state index in [-0.39, 0.29) is 11.5 Å². The third kappa shape index (κ3) is 8.61. The predicted molar refractivity (Wildman–Crippen MR) is 180 cm³/mol. The number of unbranched alkanes of at least 4 members (excludes halogenated alkanes) is 1. The van der Waals surface area contributed by atoms with E-state index in [1.165, 1.54) is 6.07 Å². The van der Waals surface area contributed by atoms with Gasteiger partial charge in [-0.2, -0.15) is 0 Å². The number of amides is 1. The highest BCUT2D eigenvalue weighted by molar-refractivity contribution is 6.43. The summed E-state index contributed by atoms with van der Waals surface area (Å²) < 4.78 is 13.7. The molecule has 1 aliphatic rings. The lowest BCUT2D eigenvalue weighted by Gasteiger charge is -2.36. The molecule has 0 bridgehead atoms. The van der Waals surface area contributed by atoms with Crippen molar-refractivity contribution in [3.63, 3.8) is 0 Å². The van der Waals surface area contributed by atoms with Gasteiger partial charge in [-0.15, -0.1) is 0 Å². The van der Waals surface area contributed by atoms with Crippen LogP contribution in [0.3, 0.4) is 0 Å². The molecule has 10 heteroatoms. The zero-order valence-electron chi connectivity index (χ0n) is 26.6. The average Bonchev–Trinajstić information content (AvgIpc) is 3.00. The zero-order chi connectivity index (χ0) is 31.8. The van der Waals surface area contributed by atoms with Crippen LogP contribution in [0.4, 0.5) is 10.5 Å². The Morgan fingerprint density at radius 3 is 2.39 bits per heavy atom. The third-order valence-electron chi connectivity index (χ3n) is 7.96. The molecule has 4 rings (SSSR count). The lowest BCUT2D eigenvalue weighted by Crippen LogP contribution is -2.46. The van der Waals surface area contributed by atoms with Crippen LogP contribution in [0.5, 0.6) is 5.75 Å². The van der Waals surface area contributed by atoms with Gasteiger partial charge in [0.2, 0.25) is 0 Å². The highest BCUT2D eigenvalue weighted by Crippen LogP contribution is 2.33. The Bertz CT molecular complexity index is 1450. The number of fused-ring (bicyclic) bond motifs is 1. The molecule has 2 aromatic carbocycles. The summed E-state index contributed by atoms with van der Waals surface area (Å²) in [5.41, 5.74) is 1.47. The van der Waals surface area contributed by atoms with Gasteiger partial charge in [0, 0.05) is 57.3 Å². The Morgan fingerprint density at radius 2 is 1.70 bits per heavy atom. The van der Waals surface area contributed by atoms with Crippen LogP contribution in [0.2, 0.25) is 10.0 Å². The van der Waals surface area contributed by atoms with Crippen LogP contribution in [0.1, 0.15) is 53.7 Å². The van der Waals surface area contributed by atoms with Gasteiger partial charge in [0.1, 0.15) is 5.75 Å². The second-order valence-corrected chi connectivity index (χ2v) is 13.0. The third-order valence-corrected chi connectivity index (χ3v) is 8.77. The molecule has 3 aromatic rings. The van der Waals surface area contributed by atoms with Crippen molar-refractivity contribution in [3.8, 4) is 5.75 Å². The van der Waals surface area contributed by atoms with Crippen LogP contribution in [0.25, 0.3) is 10.9 Å². The average molecular weight is 646 g/mol. The van der Waals surface area contributed by atoms with Crippen LogP contribution < -0.4 is 15.2 Å². The fourth-order valence-corrected chi connectivity index (χ4v) is 6.02. The summed E-state index contributed by atoms with van der Waals surface area (Å²) in [7, 11) is 0. The molecule has 0 aliphatic carbocycles. The van der Waals surface area contributed by atoms with Crippen molar-refractivity contribution in [3.05, 3.63) is 68.9 Å². The van der Waals surface area contributed by atoms with Gasteiger partial charge in [-0.1, -0.05) is 57.0 Å². The number of halogens is 2. The van der Waals surface area contributed by atoms with Crippen molar-refractivity contribution >= 4 is 45.9 Å². The molecule has 240 valence electrons. The van der Waals surface area contributed by atoms with Crippen molar-refractivity contribution < 1.29 is 14.3 Å². The van der Waals surface area contributed by atoms with Crippen LogP contribution >= 0.6 is 23.2 Å². The number of ether oxygens (including phenoxy) is 2. The molecule has 1 saturated heterocycles. The second-order valence-electron chi connectivity index (χ2n) is 12.2. The number of aromatic nitrogens is 1. The number of rotatable bonds is 13. The lowest BCUT2D eigenvalue weighted by atomic mass is 10.1. The zero-order valence-corrected chi connectivity index (χ0v) is 28.1. The molecule has 1 atom stereocenters. The first-order valence-electron chi connectivity index (χ1n) is 15.7. The maximum absolute atomic E-state index is 13.2. The number of nitrogens with zero attached hydrogens (tertiary/aromatic N) is 4. The first-order chi connectivity index (χ1) is 21.1. The van der Waals surface area contributed by atoms with Gasteiger partial charge in [-0.25, -0.2) is 4.79 Å². The highest BCUT2D eigenvalue weighted by atomic mass is 35.5. The van der Waals surface area contributed by atoms with E-state index in [1.807, 2.05) is 57.2 Å². The van der Waals surface area contributed by atoms with E-state index in [9.17, 15) is 9.59 Å². The summed E-state index contributed by atoms with van der Waals surface area (Å²) in [5, 5.41) is 2.09. The highest BCUT2D eigenvalue weighted by Gasteiger charge is 2.26. The van der Waals surface area contributed by atoms with E-state index in [4.69, 9.17) is 32.7 Å². The van der Waals surface area contributed by atoms with E-state index < -0.39 is 12.3 Å². The van der Waals surface area contributed by atoms with Crippen molar-refractivity contribution in [1.82, 2.24) is 14.4 Å². The van der Waals surface area contributed by atoms with E-state index >= 15 is 0 Å². The van der Waals surface area contributed by atoms with Gasteiger partial charge in [0.25, 0.3) is 5.56 Å². The molecule has 0 saturated carbocycles. The van der Waals surface area contributed by atoms with Gasteiger partial charge in [-0.3, -0.25) is 14.3 Å². The van der Waals surface area contributed by atoms with Crippen LogP contribution in [-0.2, 0) is 4.74 Å². The summed E-state index contributed by atoms with van der Waals surface area (Å²) in [5.74, 6) is 0.881. The number of hydrogen-bond acceptors (Lipinski definition) is 6. The topological polar surface area (TPSA) is 67.2 Å². The first-order valence-corrected chi connectivity index (χ1v) is 16.5. The molecule has 1 aliphatic heterocycles. The number of anilines is 1. The number of pyridine rings is 1. The first kappa shape index (κ1) is 33.9. The van der Waals surface area contributed by atoms with Crippen molar-refractivity contribution in [2.75, 3.05) is 57.3 Å². The summed E-state index contributed by atoms with van der Waals surface area (Å²) in [4.78, 5) is 32.7. The minimum absolute atomic E-state index is 0.117. The molecule has 0 spiro atoms. The smallest absolute Gasteiger partial charge is 0.411 e. The van der Waals surface area contributed by atoms with Crippen LogP contribution in [0.15, 0.2) is 53.3 Å². The Labute approximate surface area is 271 Å². The van der Waals surface area contributed by atoms with Gasteiger partial charge >= 0.3 is 6.09 Å². The quantitative estimate of drug-likeness (QED) is 0.179. The molecular formula is C34H46Cl2N4O4. The number of carbonyl (C=O) groups is 1. The fourth-order valence-electron chi connectivity index (χ4n) is 5.60. The maximum Gasteiger partial charge on any atom is 0.411 e. The molecule has 1 aromatic heterocycles. The standard InChI is InChI=1S/C34H46Cl2N4O4/c1-6-38(23-24(2)3)34(42)44-33(25(4)5)40-30-22-27(14-12-26(30)13-15-31(40)41)43-21-8-7-16-37-17-19-39(20-18-37)29-11-9-10-28(35)32(29)36/h9-15,22,24-25,33H,6-8,16-21,23H2,1-5H3.